The Labute approximate surface area is 123 Å². The summed E-state index contributed by atoms with van der Waals surface area (Å²) in [6.07, 6.45) is 6.14. The Bertz CT molecular complexity index is 324. The first kappa shape index (κ1) is 15.8. The summed E-state index contributed by atoms with van der Waals surface area (Å²) in [7, 11) is 0. The van der Waals surface area contributed by atoms with E-state index in [4.69, 9.17) is 0 Å². The smallest absolute Gasteiger partial charge is 0.309 e. The van der Waals surface area contributed by atoms with E-state index in [2.05, 4.69) is 9.80 Å². The van der Waals surface area contributed by atoms with Crippen LogP contribution in [0.25, 0.3) is 0 Å². The van der Waals surface area contributed by atoms with Crippen LogP contribution in [0.1, 0.15) is 46.0 Å². The van der Waals surface area contributed by atoms with Gasteiger partial charge >= 0.3 is 5.97 Å². The number of carbonyl (C=O) groups is 1. The maximum absolute atomic E-state index is 11.4. The molecule has 1 N–H and O–H groups in total. The van der Waals surface area contributed by atoms with Crippen molar-refractivity contribution in [2.75, 3.05) is 39.3 Å². The van der Waals surface area contributed by atoms with Crippen LogP contribution in [0.3, 0.4) is 0 Å². The third kappa shape index (κ3) is 3.95. The van der Waals surface area contributed by atoms with Gasteiger partial charge in [0.2, 0.25) is 0 Å². The number of hydrogen-bond acceptors (Lipinski definition) is 3. The SMILES string of the molecule is CC(C)(C(=O)O)C1CCCN(CCCN2CCCC2)C1. The molecular weight excluding hydrogens is 252 g/mol. The lowest BCUT2D eigenvalue weighted by Crippen LogP contribution is -2.45. The Balaban J connectivity index is 1.74. The number of carboxylic acid groups (broad SMARTS) is 1. The summed E-state index contributed by atoms with van der Waals surface area (Å²) in [4.78, 5) is 16.4. The average molecular weight is 282 g/mol. The Morgan fingerprint density at radius 1 is 1.10 bits per heavy atom. The van der Waals surface area contributed by atoms with Gasteiger partial charge in [-0.1, -0.05) is 0 Å². The highest BCUT2D eigenvalue weighted by atomic mass is 16.4. The second-order valence-electron chi connectivity index (χ2n) is 7.07. The first-order valence-corrected chi connectivity index (χ1v) is 8.18. The van der Waals surface area contributed by atoms with Crippen LogP contribution in [0.2, 0.25) is 0 Å². The highest BCUT2D eigenvalue weighted by molar-refractivity contribution is 5.74. The molecule has 0 bridgehead atoms. The van der Waals surface area contributed by atoms with Crippen LogP contribution in [0.15, 0.2) is 0 Å². The lowest BCUT2D eigenvalue weighted by molar-refractivity contribution is -0.151. The maximum Gasteiger partial charge on any atom is 0.309 e. The van der Waals surface area contributed by atoms with Crippen LogP contribution >= 0.6 is 0 Å². The van der Waals surface area contributed by atoms with E-state index in [1.54, 1.807) is 0 Å². The van der Waals surface area contributed by atoms with Crippen LogP contribution in [-0.4, -0.2) is 60.1 Å². The van der Waals surface area contributed by atoms with Gasteiger partial charge in [0.05, 0.1) is 5.41 Å². The van der Waals surface area contributed by atoms with Crippen molar-refractivity contribution in [3.63, 3.8) is 0 Å². The molecule has 2 saturated heterocycles. The molecule has 0 spiro atoms. The van der Waals surface area contributed by atoms with Crippen LogP contribution < -0.4 is 0 Å². The van der Waals surface area contributed by atoms with Gasteiger partial charge in [-0.05, 0) is 84.6 Å². The maximum atomic E-state index is 11.4. The van der Waals surface area contributed by atoms with Gasteiger partial charge in [-0.15, -0.1) is 0 Å². The standard InChI is InChI=1S/C16H30N2O2/c1-16(2,15(19)20)14-7-5-10-18(13-14)12-6-11-17-8-3-4-9-17/h14H,3-13H2,1-2H3,(H,19,20). The molecule has 2 rings (SSSR count). The summed E-state index contributed by atoms with van der Waals surface area (Å²) in [5.41, 5.74) is -0.590. The molecule has 1 unspecified atom stereocenters. The molecule has 4 heteroatoms. The number of rotatable bonds is 6. The molecule has 0 aromatic rings. The van der Waals surface area contributed by atoms with E-state index in [0.29, 0.717) is 5.92 Å². The molecule has 116 valence electrons. The van der Waals surface area contributed by atoms with E-state index in [9.17, 15) is 9.90 Å². The zero-order chi connectivity index (χ0) is 14.6. The fourth-order valence-corrected chi connectivity index (χ4v) is 3.55. The number of carboxylic acids is 1. The predicted octanol–water partition coefficient (Wildman–Crippen LogP) is 2.30. The quantitative estimate of drug-likeness (QED) is 0.812. The van der Waals surface area contributed by atoms with Crippen LogP contribution in [-0.2, 0) is 4.79 Å². The molecule has 0 saturated carbocycles. The van der Waals surface area contributed by atoms with E-state index < -0.39 is 11.4 Å². The summed E-state index contributed by atoms with van der Waals surface area (Å²) >= 11 is 0. The number of hydrogen-bond donors (Lipinski definition) is 1. The van der Waals surface area contributed by atoms with Gasteiger partial charge in [0.1, 0.15) is 0 Å². The van der Waals surface area contributed by atoms with Crippen molar-refractivity contribution in [1.82, 2.24) is 9.80 Å². The van der Waals surface area contributed by atoms with Crippen LogP contribution in [0.4, 0.5) is 0 Å². The second kappa shape index (κ2) is 6.90. The molecule has 0 radical (unpaired) electrons. The van der Waals surface area contributed by atoms with E-state index >= 15 is 0 Å². The van der Waals surface area contributed by atoms with Crippen molar-refractivity contribution in [2.24, 2.45) is 11.3 Å². The topological polar surface area (TPSA) is 43.8 Å². The van der Waals surface area contributed by atoms with Crippen LogP contribution in [0, 0.1) is 11.3 Å². The lowest BCUT2D eigenvalue weighted by Gasteiger charge is -2.39. The largest absolute Gasteiger partial charge is 0.481 e. The van der Waals surface area contributed by atoms with Gasteiger partial charge in [-0.3, -0.25) is 4.79 Å². The van der Waals surface area contributed by atoms with Crippen molar-refractivity contribution < 1.29 is 9.90 Å². The Morgan fingerprint density at radius 2 is 1.70 bits per heavy atom. The minimum absolute atomic E-state index is 0.292. The van der Waals surface area contributed by atoms with Crippen molar-refractivity contribution in [1.29, 1.82) is 0 Å². The Hall–Kier alpha value is -0.610. The fourth-order valence-electron chi connectivity index (χ4n) is 3.55. The molecule has 2 aliphatic rings. The molecule has 1 atom stereocenters. The normalized spacial score (nSPS) is 26.0. The molecular formula is C16H30N2O2. The molecule has 20 heavy (non-hydrogen) atoms. The van der Waals surface area contributed by atoms with Crippen molar-refractivity contribution in [3.05, 3.63) is 0 Å². The Kier molecular flexibility index (Phi) is 5.44. The highest BCUT2D eigenvalue weighted by Gasteiger charge is 2.38. The van der Waals surface area contributed by atoms with Gasteiger partial charge in [-0.2, -0.15) is 0 Å². The van der Waals surface area contributed by atoms with Gasteiger partial charge in [0, 0.05) is 6.54 Å². The van der Waals surface area contributed by atoms with Crippen molar-refractivity contribution in [2.45, 2.75) is 46.0 Å². The molecule has 0 aromatic heterocycles. The van der Waals surface area contributed by atoms with Gasteiger partial charge in [-0.25, -0.2) is 0 Å². The second-order valence-corrected chi connectivity index (χ2v) is 7.07. The van der Waals surface area contributed by atoms with E-state index in [1.807, 2.05) is 13.8 Å². The minimum atomic E-state index is -0.651. The number of likely N-dealkylation sites (tertiary alicyclic amines) is 2. The molecule has 2 aliphatic heterocycles. The number of aliphatic carboxylic acids is 1. The summed E-state index contributed by atoms with van der Waals surface area (Å²) in [6, 6.07) is 0. The first-order valence-electron chi connectivity index (χ1n) is 8.18. The third-order valence-electron chi connectivity index (χ3n) is 5.22. The summed E-state index contributed by atoms with van der Waals surface area (Å²) in [5.74, 6) is -0.359. The van der Waals surface area contributed by atoms with Gasteiger partial charge < -0.3 is 14.9 Å². The molecule has 0 aliphatic carbocycles. The first-order chi connectivity index (χ1) is 9.50. The Morgan fingerprint density at radius 3 is 2.35 bits per heavy atom. The molecule has 4 nitrogen and oxygen atoms in total. The fraction of sp³-hybridized carbons (Fsp3) is 0.938. The lowest BCUT2D eigenvalue weighted by atomic mass is 9.74. The van der Waals surface area contributed by atoms with Crippen LogP contribution in [0.5, 0.6) is 0 Å². The molecule has 2 heterocycles. The van der Waals surface area contributed by atoms with Crippen molar-refractivity contribution >= 4 is 5.97 Å². The van der Waals surface area contributed by atoms with E-state index in [0.717, 1.165) is 32.5 Å². The minimum Gasteiger partial charge on any atom is -0.481 e. The average Bonchev–Trinajstić information content (AvgIpc) is 2.92. The zero-order valence-corrected chi connectivity index (χ0v) is 13.1. The number of nitrogens with zero attached hydrogens (tertiary/aromatic N) is 2. The number of piperidine rings is 1. The monoisotopic (exact) mass is 282 g/mol. The van der Waals surface area contributed by atoms with E-state index in [1.165, 1.54) is 38.9 Å². The summed E-state index contributed by atoms with van der Waals surface area (Å²) in [6.45, 7) is 10.8. The predicted molar refractivity (Wildman–Crippen MR) is 80.9 cm³/mol. The zero-order valence-electron chi connectivity index (χ0n) is 13.1. The van der Waals surface area contributed by atoms with Crippen molar-refractivity contribution in [3.8, 4) is 0 Å². The van der Waals surface area contributed by atoms with E-state index in [-0.39, 0.29) is 0 Å². The molecule has 0 amide bonds. The molecule has 2 fully saturated rings. The third-order valence-corrected chi connectivity index (χ3v) is 5.22. The van der Waals surface area contributed by atoms with Gasteiger partial charge in [0.15, 0.2) is 0 Å². The molecule has 0 aromatic carbocycles. The summed E-state index contributed by atoms with van der Waals surface area (Å²) in [5, 5.41) is 9.37. The highest BCUT2D eigenvalue weighted by Crippen LogP contribution is 2.34. The summed E-state index contributed by atoms with van der Waals surface area (Å²) < 4.78 is 0. The van der Waals surface area contributed by atoms with Gasteiger partial charge in [0.25, 0.3) is 0 Å².